The third kappa shape index (κ3) is 8.53. The van der Waals surface area contributed by atoms with E-state index in [-0.39, 0.29) is 30.0 Å². The van der Waals surface area contributed by atoms with E-state index >= 15 is 0 Å². The summed E-state index contributed by atoms with van der Waals surface area (Å²) >= 11 is 12.2. The molecule has 1 saturated heterocycles. The number of carbonyl (C=O) groups is 1. The van der Waals surface area contributed by atoms with E-state index in [1.807, 2.05) is 42.3 Å². The number of methoxy groups -OCH3 is 3. The molecule has 53 heavy (non-hydrogen) atoms. The van der Waals surface area contributed by atoms with Gasteiger partial charge in [-0.15, -0.1) is 0 Å². The number of amides is 2. The van der Waals surface area contributed by atoms with Crippen molar-refractivity contribution in [2.75, 3.05) is 54.6 Å². The van der Waals surface area contributed by atoms with Crippen molar-refractivity contribution >= 4 is 40.4 Å². The topological polar surface area (TPSA) is 95.6 Å². The molecule has 0 bridgehead atoms. The molecule has 1 unspecified atom stereocenters. The van der Waals surface area contributed by atoms with E-state index in [1.54, 1.807) is 27.4 Å². The number of hydrogen-bond acceptors (Lipinski definition) is 7. The fourth-order valence-electron chi connectivity index (χ4n) is 8.54. The summed E-state index contributed by atoms with van der Waals surface area (Å²) in [4.78, 5) is 18.5. The third-order valence-corrected chi connectivity index (χ3v) is 14.4. The van der Waals surface area contributed by atoms with Crippen LogP contribution in [0.3, 0.4) is 0 Å². The number of rotatable bonds is 14. The molecule has 2 amide bonds. The van der Waals surface area contributed by atoms with Crippen molar-refractivity contribution in [3.8, 4) is 17.2 Å². The molecule has 0 radical (unpaired) electrons. The number of hydrogen-bond donors (Lipinski definition) is 1. The number of urea groups is 1. The molecule has 9 nitrogen and oxygen atoms in total. The zero-order valence-electron chi connectivity index (χ0n) is 31.4. The summed E-state index contributed by atoms with van der Waals surface area (Å²) < 4.78 is 36.5. The molecule has 2 aliphatic heterocycles. The monoisotopic (exact) mass is 785 g/mol. The molecule has 288 valence electrons. The molecule has 2 heterocycles. The Morgan fingerprint density at radius 1 is 0.981 bits per heavy atom. The van der Waals surface area contributed by atoms with E-state index in [4.69, 9.17) is 42.1 Å². The normalized spacial score (nSPS) is 19.7. The lowest BCUT2D eigenvalue weighted by molar-refractivity contribution is 0.00180. The predicted molar refractivity (Wildman–Crippen MR) is 212 cm³/mol. The Labute approximate surface area is 327 Å². The highest BCUT2D eigenvalue weighted by Crippen LogP contribution is 2.49. The Balaban J connectivity index is 1.24. The number of nitrogens with zero attached hydrogens (tertiary/aromatic N) is 2. The van der Waals surface area contributed by atoms with Crippen molar-refractivity contribution in [1.82, 2.24) is 15.1 Å². The highest BCUT2D eigenvalue weighted by atomic mass is 35.5. The molecule has 2 fully saturated rings. The molecule has 3 aromatic rings. The number of benzene rings is 3. The van der Waals surface area contributed by atoms with Gasteiger partial charge in [-0.25, -0.2) is 4.79 Å². The van der Waals surface area contributed by atoms with Crippen LogP contribution in [-0.4, -0.2) is 81.0 Å². The van der Waals surface area contributed by atoms with Gasteiger partial charge in [-0.3, -0.25) is 0 Å². The third-order valence-electron chi connectivity index (χ3n) is 11.6. The molecular weight excluding hydrogens is 733 g/mol. The zero-order chi connectivity index (χ0) is 37.6. The fraction of sp³-hybridized carbons (Fsp3) is 0.537. The van der Waals surface area contributed by atoms with Crippen molar-refractivity contribution in [2.45, 2.75) is 86.5 Å². The number of nitrogens with one attached hydrogen (secondary N) is 1. The van der Waals surface area contributed by atoms with Gasteiger partial charge in [0.2, 0.25) is 5.75 Å². The fourth-order valence-corrected chi connectivity index (χ4v) is 10.7. The largest absolute Gasteiger partial charge is 0.615 e. The van der Waals surface area contributed by atoms with Crippen LogP contribution in [0.1, 0.15) is 80.0 Å². The van der Waals surface area contributed by atoms with Gasteiger partial charge in [-0.2, -0.15) is 0 Å². The first kappa shape index (κ1) is 39.8. The van der Waals surface area contributed by atoms with Gasteiger partial charge in [0.05, 0.1) is 50.1 Å². The van der Waals surface area contributed by atoms with Crippen LogP contribution >= 0.6 is 23.2 Å². The van der Waals surface area contributed by atoms with Gasteiger partial charge in [0, 0.05) is 50.1 Å². The standard InChI is InChI=1S/C41H53Cl2N3O6S/c1-45(39(47)44-32-12-6-5-7-13-32)40(31-15-16-34(42)35(43)25-31,28-52-26-29-23-36(49-2)38(51-4)37(24-29)50-3)17-10-20-46-21-18-41(19-22-46)33-14-9-8-11-30(33)27-53(41)48/h8-9,11,14-16,23-25,32H,5-7,10,12-13,17-22,26-28H2,1-4H3,(H,44,47)/t40-,53?/m1/s1. The molecular formula is C41H53Cl2N3O6S. The Morgan fingerprint density at radius 3 is 2.34 bits per heavy atom. The average molecular weight is 787 g/mol. The Morgan fingerprint density at radius 2 is 1.68 bits per heavy atom. The van der Waals surface area contributed by atoms with E-state index in [2.05, 4.69) is 28.4 Å². The summed E-state index contributed by atoms with van der Waals surface area (Å²) in [6.45, 7) is 3.02. The smallest absolute Gasteiger partial charge is 0.318 e. The molecule has 1 spiro atoms. The molecule has 0 aromatic heterocycles. The quantitative estimate of drug-likeness (QED) is 0.164. The maximum absolute atomic E-state index is 14.2. The molecule has 2 atom stereocenters. The molecule has 1 aliphatic carbocycles. The second kappa shape index (κ2) is 17.7. The van der Waals surface area contributed by atoms with E-state index in [0.717, 1.165) is 75.7 Å². The minimum absolute atomic E-state index is 0.136. The maximum Gasteiger partial charge on any atom is 0.318 e. The number of likely N-dealkylation sites (N-methyl/N-ethyl adjacent to an activating group) is 1. The van der Waals surface area contributed by atoms with Crippen LogP contribution in [0.25, 0.3) is 0 Å². The Hall–Kier alpha value is -2.86. The van der Waals surface area contributed by atoms with Crippen molar-refractivity contribution in [3.63, 3.8) is 0 Å². The second-order valence-corrected chi connectivity index (χ2v) is 17.2. The first-order valence-electron chi connectivity index (χ1n) is 18.7. The van der Waals surface area contributed by atoms with Crippen LogP contribution in [0, 0.1) is 0 Å². The number of halogens is 2. The maximum atomic E-state index is 14.2. The summed E-state index contributed by atoms with van der Waals surface area (Å²) in [5.41, 5.74) is 3.31. The van der Waals surface area contributed by atoms with E-state index in [0.29, 0.717) is 39.5 Å². The summed E-state index contributed by atoms with van der Waals surface area (Å²) in [5, 5.41) is 4.21. The van der Waals surface area contributed by atoms with Crippen molar-refractivity contribution in [1.29, 1.82) is 0 Å². The molecule has 3 aliphatic rings. The highest BCUT2D eigenvalue weighted by molar-refractivity contribution is 7.92. The van der Waals surface area contributed by atoms with E-state index in [9.17, 15) is 9.35 Å². The van der Waals surface area contributed by atoms with Gasteiger partial charge in [0.1, 0.15) is 5.75 Å². The number of ether oxygens (including phenoxy) is 4. The van der Waals surface area contributed by atoms with Crippen LogP contribution in [-0.2, 0) is 38.6 Å². The number of likely N-dealkylation sites (tertiary alicyclic amines) is 1. The van der Waals surface area contributed by atoms with Gasteiger partial charge >= 0.3 is 6.03 Å². The van der Waals surface area contributed by atoms with Gasteiger partial charge in [0.25, 0.3) is 0 Å². The minimum Gasteiger partial charge on any atom is -0.615 e. The number of fused-ring (bicyclic) bond motifs is 2. The van der Waals surface area contributed by atoms with Crippen LogP contribution in [0.4, 0.5) is 4.79 Å². The summed E-state index contributed by atoms with van der Waals surface area (Å²) in [6, 6.07) is 17.8. The number of piperidine rings is 1. The lowest BCUT2D eigenvalue weighted by Gasteiger charge is -2.44. The first-order chi connectivity index (χ1) is 25.6. The zero-order valence-corrected chi connectivity index (χ0v) is 33.7. The molecule has 6 rings (SSSR count). The van der Waals surface area contributed by atoms with Crippen molar-refractivity contribution < 1.29 is 28.3 Å². The van der Waals surface area contributed by atoms with Crippen molar-refractivity contribution in [3.05, 3.63) is 86.9 Å². The van der Waals surface area contributed by atoms with Gasteiger partial charge < -0.3 is 38.6 Å². The highest BCUT2D eigenvalue weighted by Gasteiger charge is 2.52. The molecule has 1 N–H and O–H groups in total. The van der Waals surface area contributed by atoms with Gasteiger partial charge in [0.15, 0.2) is 16.2 Å². The first-order valence-corrected chi connectivity index (χ1v) is 20.8. The molecule has 12 heteroatoms. The van der Waals surface area contributed by atoms with E-state index < -0.39 is 16.7 Å². The Bertz CT molecular complexity index is 1690. The van der Waals surface area contributed by atoms with Crippen LogP contribution < -0.4 is 19.5 Å². The second-order valence-electron chi connectivity index (χ2n) is 14.6. The van der Waals surface area contributed by atoms with Crippen molar-refractivity contribution in [2.24, 2.45) is 0 Å². The Kier molecular flexibility index (Phi) is 13.3. The lowest BCUT2D eigenvalue weighted by Crippen LogP contribution is -2.55. The summed E-state index contributed by atoms with van der Waals surface area (Å²) in [6.07, 6.45) is 8.52. The van der Waals surface area contributed by atoms with Crippen LogP contribution in [0.15, 0.2) is 54.6 Å². The lowest BCUT2D eigenvalue weighted by atomic mass is 9.83. The summed E-state index contributed by atoms with van der Waals surface area (Å²) in [7, 11) is 6.62. The molecule has 3 aromatic carbocycles. The van der Waals surface area contributed by atoms with Gasteiger partial charge in [-0.1, -0.05) is 72.8 Å². The predicted octanol–water partition coefficient (Wildman–Crippen LogP) is 8.44. The van der Waals surface area contributed by atoms with E-state index in [1.165, 1.54) is 17.5 Å². The number of carbonyl (C=O) groups excluding carboxylic acids is 1. The van der Waals surface area contributed by atoms with Gasteiger partial charge in [-0.05, 0) is 78.8 Å². The SMILES string of the molecule is COc1cc(COC[C@](CCCN2CCC3(CC2)c2ccccc2C[S+]3[O-])(c2ccc(Cl)c(Cl)c2)N(C)C(=O)NC2CCCCC2)cc(OC)c1OC. The van der Waals surface area contributed by atoms with Crippen LogP contribution in [0.5, 0.6) is 17.2 Å². The van der Waals surface area contributed by atoms with Crippen LogP contribution in [0.2, 0.25) is 10.0 Å². The molecule has 1 saturated carbocycles. The minimum atomic E-state index is -0.910. The summed E-state index contributed by atoms with van der Waals surface area (Å²) in [5.74, 6) is 2.24. The average Bonchev–Trinajstić information content (AvgIpc) is 3.45.